The van der Waals surface area contributed by atoms with Crippen molar-refractivity contribution in [2.45, 2.75) is 431 Å². The average molecular weight is 1170 g/mol. The third-order valence-corrected chi connectivity index (χ3v) is 17.7. The van der Waals surface area contributed by atoms with Crippen LogP contribution in [0.15, 0.2) is 36.5 Å². The van der Waals surface area contributed by atoms with Gasteiger partial charge in [0.05, 0.1) is 25.4 Å². The van der Waals surface area contributed by atoms with E-state index in [4.69, 9.17) is 4.74 Å². The van der Waals surface area contributed by atoms with Crippen LogP contribution in [-0.4, -0.2) is 47.4 Å². The number of hydrogen-bond acceptors (Lipinski definition) is 5. The first-order valence-corrected chi connectivity index (χ1v) is 37.7. The summed E-state index contributed by atoms with van der Waals surface area (Å²) in [4.78, 5) is 24.6. The summed E-state index contributed by atoms with van der Waals surface area (Å²) in [5, 5.41) is 23.4. The van der Waals surface area contributed by atoms with Crippen LogP contribution in [0.25, 0.3) is 0 Å². The number of aliphatic hydroxyl groups is 2. The summed E-state index contributed by atoms with van der Waals surface area (Å²) in [5.74, 6) is -0.0176. The van der Waals surface area contributed by atoms with Crippen molar-refractivity contribution in [3.63, 3.8) is 0 Å². The highest BCUT2D eigenvalue weighted by Gasteiger charge is 2.20. The normalized spacial score (nSPS) is 12.7. The number of hydrogen-bond donors (Lipinski definition) is 3. The van der Waals surface area contributed by atoms with Crippen molar-refractivity contribution < 1.29 is 24.5 Å². The fraction of sp³-hybridized carbons (Fsp3) is 0.896. The Kier molecular flexibility index (Phi) is 70.9. The van der Waals surface area contributed by atoms with E-state index in [0.717, 1.165) is 51.4 Å². The van der Waals surface area contributed by atoms with Gasteiger partial charge in [0.25, 0.3) is 0 Å². The molecule has 0 aliphatic heterocycles. The molecule has 0 radical (unpaired) electrons. The highest BCUT2D eigenvalue weighted by Crippen LogP contribution is 2.19. The van der Waals surface area contributed by atoms with Crippen LogP contribution in [0.3, 0.4) is 0 Å². The SMILES string of the molecule is CCCCCC/C=C\C/C=C\CCCCCCCCCC(=O)OCCCCCCCCCCCCCC/C=C\CCCCCCCCCCCCCCCCCCC(=O)NC(CO)C(O)CCCCCCCCCCCCCCCCCC. The largest absolute Gasteiger partial charge is 0.466 e. The van der Waals surface area contributed by atoms with Crippen molar-refractivity contribution in [3.05, 3.63) is 36.5 Å². The van der Waals surface area contributed by atoms with Gasteiger partial charge in [0.2, 0.25) is 5.91 Å². The topological polar surface area (TPSA) is 95.9 Å². The molecule has 0 aromatic rings. The Hall–Kier alpha value is -1.92. The van der Waals surface area contributed by atoms with Crippen LogP contribution in [0.2, 0.25) is 0 Å². The zero-order valence-corrected chi connectivity index (χ0v) is 56.2. The summed E-state index contributed by atoms with van der Waals surface area (Å²) in [6.07, 6.45) is 93.6. The molecule has 0 aliphatic rings. The molecule has 0 aromatic heterocycles. The first kappa shape index (κ1) is 81.1. The number of carbonyl (C=O) groups excluding carboxylic acids is 2. The molecule has 0 spiro atoms. The fourth-order valence-electron chi connectivity index (χ4n) is 11.9. The summed E-state index contributed by atoms with van der Waals surface area (Å²) in [5.41, 5.74) is 0. The molecular formula is C77H147NO5. The average Bonchev–Trinajstić information content (AvgIpc) is 3.49. The summed E-state index contributed by atoms with van der Waals surface area (Å²) in [6, 6.07) is -0.540. The van der Waals surface area contributed by atoms with E-state index in [0.29, 0.717) is 25.9 Å². The van der Waals surface area contributed by atoms with Crippen LogP contribution in [0, 0.1) is 0 Å². The van der Waals surface area contributed by atoms with Crippen molar-refractivity contribution in [2.75, 3.05) is 13.2 Å². The van der Waals surface area contributed by atoms with Gasteiger partial charge in [-0.05, 0) is 83.5 Å². The standard InChI is InChI=1S/C77H147NO5/c1-3-5-7-9-11-13-15-17-19-21-39-43-47-51-55-59-63-67-71-77(82)83-72-68-64-60-56-52-48-44-40-37-35-33-31-29-27-25-23-22-24-26-28-30-32-34-36-38-42-46-50-54-58-62-66-70-76(81)78-74(73-79)75(80)69-65-61-57-53-49-45-41-20-18-16-14-12-10-8-6-4-2/h13,15,19,21,25,27,74-75,79-80H,3-12,14,16-18,20,22-24,26,28-73H2,1-2H3,(H,78,81)/b15-13-,21-19-,27-25-. The number of carbonyl (C=O) groups is 2. The van der Waals surface area contributed by atoms with Gasteiger partial charge in [-0.2, -0.15) is 0 Å². The van der Waals surface area contributed by atoms with Crippen LogP contribution in [0.4, 0.5) is 0 Å². The van der Waals surface area contributed by atoms with E-state index in [1.807, 2.05) is 0 Å². The Balaban J connectivity index is 3.35. The lowest BCUT2D eigenvalue weighted by Gasteiger charge is -2.22. The van der Waals surface area contributed by atoms with E-state index in [1.165, 1.54) is 334 Å². The second-order valence-corrected chi connectivity index (χ2v) is 26.0. The fourth-order valence-corrected chi connectivity index (χ4v) is 11.9. The van der Waals surface area contributed by atoms with E-state index in [-0.39, 0.29) is 18.5 Å². The maximum absolute atomic E-state index is 12.5. The number of rotatable bonds is 71. The Labute approximate surface area is 519 Å². The third kappa shape index (κ3) is 69.1. The van der Waals surface area contributed by atoms with Gasteiger partial charge in [0.15, 0.2) is 0 Å². The molecule has 6 heteroatoms. The van der Waals surface area contributed by atoms with Crippen LogP contribution >= 0.6 is 0 Å². The monoisotopic (exact) mass is 1170 g/mol. The van der Waals surface area contributed by atoms with Gasteiger partial charge >= 0.3 is 5.97 Å². The molecule has 0 saturated heterocycles. The number of amides is 1. The number of nitrogens with one attached hydrogen (secondary N) is 1. The molecule has 83 heavy (non-hydrogen) atoms. The summed E-state index contributed by atoms with van der Waals surface area (Å²) in [6.45, 7) is 4.97. The van der Waals surface area contributed by atoms with Crippen LogP contribution in [0.1, 0.15) is 418 Å². The molecule has 0 saturated carbocycles. The maximum atomic E-state index is 12.5. The number of unbranched alkanes of at least 4 members (excludes halogenated alkanes) is 54. The zero-order chi connectivity index (χ0) is 59.9. The second kappa shape index (κ2) is 72.6. The van der Waals surface area contributed by atoms with Gasteiger partial charge in [-0.3, -0.25) is 9.59 Å². The summed E-state index contributed by atoms with van der Waals surface area (Å²) in [7, 11) is 0. The zero-order valence-electron chi connectivity index (χ0n) is 56.2. The van der Waals surface area contributed by atoms with E-state index in [2.05, 4.69) is 55.6 Å². The van der Waals surface area contributed by atoms with Gasteiger partial charge in [0, 0.05) is 12.8 Å². The quantitative estimate of drug-likeness (QED) is 0.0320. The molecule has 2 atom stereocenters. The number of allylic oxidation sites excluding steroid dienone is 6. The molecule has 0 fully saturated rings. The van der Waals surface area contributed by atoms with Gasteiger partial charge < -0.3 is 20.3 Å². The molecule has 0 aromatic carbocycles. The number of ether oxygens (including phenoxy) is 1. The molecule has 6 nitrogen and oxygen atoms in total. The Morgan fingerprint density at radius 3 is 0.940 bits per heavy atom. The van der Waals surface area contributed by atoms with E-state index >= 15 is 0 Å². The van der Waals surface area contributed by atoms with Gasteiger partial charge in [-0.25, -0.2) is 0 Å². The van der Waals surface area contributed by atoms with Crippen LogP contribution in [0.5, 0.6) is 0 Å². The molecular weight excluding hydrogens is 1020 g/mol. The lowest BCUT2D eigenvalue weighted by Crippen LogP contribution is -2.45. The third-order valence-electron chi connectivity index (χ3n) is 17.7. The smallest absolute Gasteiger partial charge is 0.305 e. The first-order chi connectivity index (χ1) is 41.0. The molecule has 0 aliphatic carbocycles. The van der Waals surface area contributed by atoms with Crippen molar-refractivity contribution >= 4 is 11.9 Å². The lowest BCUT2D eigenvalue weighted by molar-refractivity contribution is -0.143. The van der Waals surface area contributed by atoms with Gasteiger partial charge in [-0.15, -0.1) is 0 Å². The molecule has 0 rings (SSSR count). The molecule has 1 amide bonds. The molecule has 0 heterocycles. The van der Waals surface area contributed by atoms with E-state index in [9.17, 15) is 19.8 Å². The Morgan fingerprint density at radius 1 is 0.337 bits per heavy atom. The Morgan fingerprint density at radius 2 is 0.602 bits per heavy atom. The molecule has 0 bridgehead atoms. The number of esters is 1. The summed E-state index contributed by atoms with van der Waals surface area (Å²) >= 11 is 0. The minimum atomic E-state index is -0.663. The maximum Gasteiger partial charge on any atom is 0.305 e. The molecule has 2 unspecified atom stereocenters. The predicted octanol–water partition coefficient (Wildman–Crippen LogP) is 24.7. The van der Waals surface area contributed by atoms with Gasteiger partial charge in [0.1, 0.15) is 0 Å². The highest BCUT2D eigenvalue weighted by molar-refractivity contribution is 5.76. The van der Waals surface area contributed by atoms with Crippen molar-refractivity contribution in [3.8, 4) is 0 Å². The lowest BCUT2D eigenvalue weighted by atomic mass is 10.0. The Bertz CT molecular complexity index is 1340. The minimum Gasteiger partial charge on any atom is -0.466 e. The molecule has 3 N–H and O–H groups in total. The first-order valence-electron chi connectivity index (χ1n) is 37.7. The van der Waals surface area contributed by atoms with Crippen molar-refractivity contribution in [1.82, 2.24) is 5.32 Å². The van der Waals surface area contributed by atoms with Gasteiger partial charge in [-0.1, -0.05) is 359 Å². The van der Waals surface area contributed by atoms with Crippen LogP contribution in [-0.2, 0) is 14.3 Å². The van der Waals surface area contributed by atoms with Crippen LogP contribution < -0.4 is 5.32 Å². The predicted molar refractivity (Wildman–Crippen MR) is 366 cm³/mol. The highest BCUT2D eigenvalue weighted by atomic mass is 16.5. The number of aliphatic hydroxyl groups excluding tert-OH is 2. The molecule has 490 valence electrons. The van der Waals surface area contributed by atoms with Crippen molar-refractivity contribution in [2.24, 2.45) is 0 Å². The summed E-state index contributed by atoms with van der Waals surface area (Å²) < 4.78 is 5.51. The second-order valence-electron chi connectivity index (χ2n) is 26.0. The van der Waals surface area contributed by atoms with E-state index in [1.54, 1.807) is 0 Å². The van der Waals surface area contributed by atoms with E-state index < -0.39 is 12.1 Å². The van der Waals surface area contributed by atoms with Crippen molar-refractivity contribution in [1.29, 1.82) is 0 Å². The minimum absolute atomic E-state index is 0.0114.